The van der Waals surface area contributed by atoms with Crippen LogP contribution in [0.1, 0.15) is 66.7 Å². The summed E-state index contributed by atoms with van der Waals surface area (Å²) < 4.78 is 33.2. The van der Waals surface area contributed by atoms with Gasteiger partial charge in [-0.3, -0.25) is 13.9 Å². The summed E-state index contributed by atoms with van der Waals surface area (Å²) in [6.07, 6.45) is 6.82. The summed E-state index contributed by atoms with van der Waals surface area (Å²) >= 11 is 0. The summed E-state index contributed by atoms with van der Waals surface area (Å²) in [6, 6.07) is 13.5. The maximum absolute atomic E-state index is 12.2. The molecule has 2 atom stereocenters. The number of nitrogens with zero attached hydrogens (tertiary/aromatic N) is 6. The molecular formula is C32H38N6O5S. The largest absolute Gasteiger partial charge is 0.488 e. The minimum atomic E-state index is -3.33. The third-order valence-electron chi connectivity index (χ3n) is 9.13. The zero-order valence-electron chi connectivity index (χ0n) is 25.0. The summed E-state index contributed by atoms with van der Waals surface area (Å²) in [5.74, 6) is -0.0550. The molecule has 0 amide bonds. The van der Waals surface area contributed by atoms with E-state index in [0.717, 1.165) is 66.4 Å². The second kappa shape index (κ2) is 11.3. The van der Waals surface area contributed by atoms with Crippen molar-refractivity contribution >= 4 is 33.6 Å². The summed E-state index contributed by atoms with van der Waals surface area (Å²) in [4.78, 5) is 19.5. The first-order chi connectivity index (χ1) is 21.2. The number of hydrogen-bond donors (Lipinski definition) is 3. The lowest BCUT2D eigenvalue weighted by molar-refractivity contribution is -0.137. The first-order valence-corrected chi connectivity index (χ1v) is 16.8. The fourth-order valence-corrected chi connectivity index (χ4v) is 8.27. The number of rotatable bonds is 8. The molecule has 11 nitrogen and oxygen atoms in total. The average Bonchev–Trinajstić information content (AvgIpc) is 3.76. The molecule has 4 aromatic rings. The Morgan fingerprint density at radius 1 is 1.11 bits per heavy atom. The van der Waals surface area contributed by atoms with E-state index < -0.39 is 22.7 Å². The molecule has 232 valence electrons. The van der Waals surface area contributed by atoms with Crippen LogP contribution in [0.4, 0.5) is 5.82 Å². The van der Waals surface area contributed by atoms with Crippen LogP contribution in [0.5, 0.6) is 5.75 Å². The number of carbonyl (C=O) groups is 1. The third kappa shape index (κ3) is 5.40. The number of benzene rings is 2. The van der Waals surface area contributed by atoms with Crippen molar-refractivity contribution in [2.45, 2.75) is 75.0 Å². The standard InChI is InChI=1S/C32H38N6O5S/c1-20-8-9-21(26(17-30(39)40)22-15-27-31(36(2)35-34-27)28(16-22)43-25-10-11-25)14-23(20)18-37-19-24-6-3-4-13-38(24)32-29(44(37,41)42)7-5-12-33-32/h5,7-9,12,14-16,24-26,41-42H,3-4,6,10-11,13,17-19H2,1-2H3,(H,39,40)/t24-,26?/m1/s1. The number of fused-ring (bicyclic) bond motifs is 4. The number of piperidine rings is 1. The number of carboxylic acids is 1. The molecule has 1 saturated heterocycles. The van der Waals surface area contributed by atoms with E-state index in [9.17, 15) is 19.0 Å². The highest BCUT2D eigenvalue weighted by molar-refractivity contribution is 8.22. The van der Waals surface area contributed by atoms with Gasteiger partial charge in [0, 0.05) is 44.8 Å². The smallest absolute Gasteiger partial charge is 0.304 e. The lowest BCUT2D eigenvalue weighted by Gasteiger charge is -2.42. The number of hydrogen-bond acceptors (Lipinski definition) is 9. The molecule has 2 aromatic heterocycles. The first-order valence-electron chi connectivity index (χ1n) is 15.2. The van der Waals surface area contributed by atoms with Crippen LogP contribution in [0.15, 0.2) is 53.6 Å². The van der Waals surface area contributed by atoms with E-state index >= 15 is 0 Å². The molecule has 7 rings (SSSR count). The normalized spacial score (nSPS) is 21.3. The quantitative estimate of drug-likeness (QED) is 0.225. The number of aryl methyl sites for hydroxylation is 2. The van der Waals surface area contributed by atoms with Crippen molar-refractivity contribution in [3.63, 3.8) is 0 Å². The highest BCUT2D eigenvalue weighted by Gasteiger charge is 2.39. The number of aromatic nitrogens is 4. The van der Waals surface area contributed by atoms with Gasteiger partial charge in [-0.2, -0.15) is 4.31 Å². The van der Waals surface area contributed by atoms with Crippen LogP contribution >= 0.6 is 10.8 Å². The Hall–Kier alpha value is -3.71. The SMILES string of the molecule is Cc1ccc(C(CC(=O)O)c2cc(OC3CC3)c3c(c2)nnn3C)cc1CN1C[C@H]2CCCCN2c2ncccc2S1(O)O. The van der Waals surface area contributed by atoms with Gasteiger partial charge in [0.2, 0.25) is 0 Å². The molecule has 1 saturated carbocycles. The van der Waals surface area contributed by atoms with E-state index in [1.807, 2.05) is 44.3 Å². The Balaban J connectivity index is 1.26. The maximum atomic E-state index is 12.2. The van der Waals surface area contributed by atoms with Crippen LogP contribution in [0.3, 0.4) is 0 Å². The molecule has 12 heteroatoms. The topological polar surface area (TPSA) is 137 Å². The molecule has 0 spiro atoms. The summed E-state index contributed by atoms with van der Waals surface area (Å²) in [5, 5.41) is 18.5. The fourth-order valence-electron chi connectivity index (χ4n) is 6.62. The lowest BCUT2D eigenvalue weighted by atomic mass is 9.86. The van der Waals surface area contributed by atoms with Crippen LogP contribution < -0.4 is 9.64 Å². The van der Waals surface area contributed by atoms with Crippen molar-refractivity contribution in [3.8, 4) is 5.75 Å². The summed E-state index contributed by atoms with van der Waals surface area (Å²) in [5.41, 5.74) is 4.99. The average molecular weight is 619 g/mol. The molecule has 3 aliphatic rings. The Morgan fingerprint density at radius 2 is 1.95 bits per heavy atom. The summed E-state index contributed by atoms with van der Waals surface area (Å²) in [7, 11) is -1.51. The van der Waals surface area contributed by atoms with Crippen molar-refractivity contribution < 1.29 is 23.7 Å². The van der Waals surface area contributed by atoms with Crippen molar-refractivity contribution in [1.29, 1.82) is 0 Å². The Bertz CT molecular complexity index is 1720. The number of aliphatic carboxylic acids is 1. The van der Waals surface area contributed by atoms with E-state index in [1.54, 1.807) is 27.3 Å². The molecule has 2 fully saturated rings. The van der Waals surface area contributed by atoms with Gasteiger partial charge >= 0.3 is 5.97 Å². The molecule has 2 aliphatic heterocycles. The fraction of sp³-hybridized carbons (Fsp3) is 0.438. The van der Waals surface area contributed by atoms with E-state index in [0.29, 0.717) is 35.1 Å². The predicted octanol–water partition coefficient (Wildman–Crippen LogP) is 5.72. The zero-order chi connectivity index (χ0) is 30.6. The number of anilines is 1. The second-order valence-electron chi connectivity index (χ2n) is 12.3. The highest BCUT2D eigenvalue weighted by atomic mass is 32.3. The molecule has 3 N–H and O–H groups in total. The molecule has 2 aromatic carbocycles. The summed E-state index contributed by atoms with van der Waals surface area (Å²) in [6.45, 7) is 3.64. The van der Waals surface area contributed by atoms with Gasteiger partial charge in [-0.1, -0.05) is 23.4 Å². The Labute approximate surface area is 257 Å². The van der Waals surface area contributed by atoms with E-state index in [-0.39, 0.29) is 18.6 Å². The van der Waals surface area contributed by atoms with Crippen LogP contribution in [0.25, 0.3) is 11.0 Å². The first kappa shape index (κ1) is 29.0. The number of carboxylic acid groups (broad SMARTS) is 1. The molecule has 1 aliphatic carbocycles. The van der Waals surface area contributed by atoms with Gasteiger partial charge in [0.1, 0.15) is 21.7 Å². The predicted molar refractivity (Wildman–Crippen MR) is 168 cm³/mol. The van der Waals surface area contributed by atoms with Crippen molar-refractivity contribution in [3.05, 3.63) is 70.9 Å². The molecule has 0 bridgehead atoms. The molecular weight excluding hydrogens is 580 g/mol. The van der Waals surface area contributed by atoms with E-state index in [1.165, 1.54) is 0 Å². The maximum Gasteiger partial charge on any atom is 0.304 e. The van der Waals surface area contributed by atoms with Gasteiger partial charge in [0.15, 0.2) is 5.82 Å². The van der Waals surface area contributed by atoms with Gasteiger partial charge in [0.05, 0.1) is 12.5 Å². The molecule has 4 heterocycles. The van der Waals surface area contributed by atoms with Crippen molar-refractivity contribution in [2.75, 3.05) is 18.0 Å². The van der Waals surface area contributed by atoms with Gasteiger partial charge in [-0.25, -0.2) is 9.67 Å². The monoisotopic (exact) mass is 618 g/mol. The van der Waals surface area contributed by atoms with Crippen LogP contribution in [-0.4, -0.2) is 69.7 Å². The highest BCUT2D eigenvalue weighted by Crippen LogP contribution is 2.58. The van der Waals surface area contributed by atoms with Crippen LogP contribution in [-0.2, 0) is 18.4 Å². The minimum Gasteiger partial charge on any atom is -0.488 e. The molecule has 0 radical (unpaired) electrons. The minimum absolute atomic E-state index is 0.119. The second-order valence-corrected chi connectivity index (χ2v) is 14.3. The van der Waals surface area contributed by atoms with Gasteiger partial charge in [-0.05, 0) is 85.5 Å². The van der Waals surface area contributed by atoms with Gasteiger partial charge in [0.25, 0.3) is 0 Å². The van der Waals surface area contributed by atoms with Crippen molar-refractivity contribution in [2.24, 2.45) is 7.05 Å². The molecule has 44 heavy (non-hydrogen) atoms. The number of pyridine rings is 1. The lowest BCUT2D eigenvalue weighted by Crippen LogP contribution is -2.45. The molecule has 1 unspecified atom stereocenters. The Morgan fingerprint density at radius 3 is 2.75 bits per heavy atom. The Kier molecular flexibility index (Phi) is 7.48. The third-order valence-corrected chi connectivity index (χ3v) is 11.0. The van der Waals surface area contributed by atoms with Crippen LogP contribution in [0.2, 0.25) is 0 Å². The van der Waals surface area contributed by atoms with E-state index in [2.05, 4.69) is 20.2 Å². The van der Waals surface area contributed by atoms with Gasteiger partial charge in [-0.15, -0.1) is 15.9 Å². The van der Waals surface area contributed by atoms with Crippen LogP contribution in [0, 0.1) is 6.92 Å². The van der Waals surface area contributed by atoms with E-state index in [4.69, 9.17) is 4.74 Å². The van der Waals surface area contributed by atoms with Gasteiger partial charge < -0.3 is 14.7 Å². The van der Waals surface area contributed by atoms with Crippen molar-refractivity contribution in [1.82, 2.24) is 24.3 Å². The number of ether oxygens (including phenoxy) is 1. The zero-order valence-corrected chi connectivity index (χ0v) is 25.8.